The smallest absolute Gasteiger partial charge is 0.255 e. The predicted octanol–water partition coefficient (Wildman–Crippen LogP) is 1.33. The summed E-state index contributed by atoms with van der Waals surface area (Å²) in [6.07, 6.45) is 7.89. The van der Waals surface area contributed by atoms with Crippen LogP contribution in [0.15, 0.2) is 30.9 Å². The molecule has 0 saturated carbocycles. The molecule has 7 heteroatoms. The van der Waals surface area contributed by atoms with Crippen LogP contribution < -0.4 is 0 Å². The number of nitrogens with one attached hydrogen (secondary N) is 1. The van der Waals surface area contributed by atoms with Crippen LogP contribution in [0.5, 0.6) is 0 Å². The number of H-pyrrole nitrogens is 1. The Hall–Kier alpha value is -2.28. The Morgan fingerprint density at radius 3 is 2.96 bits per heavy atom. The summed E-state index contributed by atoms with van der Waals surface area (Å²) in [6.45, 7) is 4.01. The Kier molecular flexibility index (Phi) is 4.97. The van der Waals surface area contributed by atoms with Gasteiger partial charge in [0.2, 0.25) is 0 Å². The molecule has 0 aliphatic carbocycles. The molecular weight excluding hydrogens is 297 g/mol. The van der Waals surface area contributed by atoms with E-state index in [4.69, 9.17) is 0 Å². The zero-order valence-electron chi connectivity index (χ0n) is 12.9. The SMILES string of the molecule is O=C(c1cncc(F)c1)N1CCCN(CCc2ncc[nH]2)CC1. The molecule has 6 nitrogen and oxygen atoms in total. The van der Waals surface area contributed by atoms with Crippen LogP contribution in [0.2, 0.25) is 0 Å². The molecule has 2 aromatic rings. The first-order chi connectivity index (χ1) is 11.2. The van der Waals surface area contributed by atoms with Gasteiger partial charge in [0.15, 0.2) is 0 Å². The van der Waals surface area contributed by atoms with Crippen LogP contribution >= 0.6 is 0 Å². The van der Waals surface area contributed by atoms with Crippen molar-refractivity contribution in [1.29, 1.82) is 0 Å². The van der Waals surface area contributed by atoms with Gasteiger partial charge in [-0.25, -0.2) is 9.37 Å². The zero-order valence-corrected chi connectivity index (χ0v) is 12.9. The molecule has 122 valence electrons. The lowest BCUT2D eigenvalue weighted by atomic mass is 10.2. The van der Waals surface area contributed by atoms with E-state index in [9.17, 15) is 9.18 Å². The average Bonchev–Trinajstić information content (AvgIpc) is 2.97. The van der Waals surface area contributed by atoms with E-state index in [0.29, 0.717) is 18.7 Å². The highest BCUT2D eigenvalue weighted by Gasteiger charge is 2.20. The normalized spacial score (nSPS) is 16.3. The van der Waals surface area contributed by atoms with E-state index in [-0.39, 0.29) is 5.91 Å². The van der Waals surface area contributed by atoms with E-state index in [1.165, 1.54) is 12.3 Å². The van der Waals surface area contributed by atoms with E-state index in [2.05, 4.69) is 19.9 Å². The largest absolute Gasteiger partial charge is 0.349 e. The van der Waals surface area contributed by atoms with Gasteiger partial charge in [0.25, 0.3) is 5.91 Å². The van der Waals surface area contributed by atoms with Crippen LogP contribution in [0.4, 0.5) is 4.39 Å². The molecule has 0 unspecified atom stereocenters. The minimum atomic E-state index is -0.481. The van der Waals surface area contributed by atoms with Crippen LogP contribution in [0, 0.1) is 5.82 Å². The molecule has 1 aliphatic heterocycles. The third kappa shape index (κ3) is 4.13. The molecule has 0 atom stereocenters. The van der Waals surface area contributed by atoms with Gasteiger partial charge >= 0.3 is 0 Å². The Morgan fingerprint density at radius 1 is 1.26 bits per heavy atom. The number of hydrogen-bond donors (Lipinski definition) is 1. The fourth-order valence-corrected chi connectivity index (χ4v) is 2.81. The van der Waals surface area contributed by atoms with E-state index < -0.39 is 5.82 Å². The lowest BCUT2D eigenvalue weighted by Gasteiger charge is -2.21. The minimum absolute atomic E-state index is 0.148. The first kappa shape index (κ1) is 15.6. The minimum Gasteiger partial charge on any atom is -0.349 e. The summed E-state index contributed by atoms with van der Waals surface area (Å²) in [5, 5.41) is 0. The summed E-state index contributed by atoms with van der Waals surface area (Å²) in [5.74, 6) is 0.351. The number of imidazole rings is 1. The van der Waals surface area contributed by atoms with Gasteiger partial charge in [-0.1, -0.05) is 0 Å². The number of amides is 1. The fourth-order valence-electron chi connectivity index (χ4n) is 2.81. The number of rotatable bonds is 4. The van der Waals surface area contributed by atoms with E-state index in [1.807, 2.05) is 6.20 Å². The van der Waals surface area contributed by atoms with Crippen LogP contribution in [0.1, 0.15) is 22.6 Å². The molecule has 1 fully saturated rings. The molecule has 1 N–H and O–H groups in total. The van der Waals surface area contributed by atoms with Crippen molar-refractivity contribution in [3.63, 3.8) is 0 Å². The Bertz CT molecular complexity index is 646. The van der Waals surface area contributed by atoms with Crippen molar-refractivity contribution in [2.24, 2.45) is 0 Å². The van der Waals surface area contributed by atoms with Crippen LogP contribution in [0.3, 0.4) is 0 Å². The second-order valence-electron chi connectivity index (χ2n) is 5.67. The maximum atomic E-state index is 13.2. The Morgan fingerprint density at radius 2 is 2.17 bits per heavy atom. The molecule has 0 bridgehead atoms. The van der Waals surface area contributed by atoms with Gasteiger partial charge in [0.05, 0.1) is 11.8 Å². The van der Waals surface area contributed by atoms with Gasteiger partial charge in [0.1, 0.15) is 11.6 Å². The Labute approximate surface area is 134 Å². The number of halogens is 1. The van der Waals surface area contributed by atoms with Crippen molar-refractivity contribution in [3.8, 4) is 0 Å². The van der Waals surface area contributed by atoms with Gasteiger partial charge in [0, 0.05) is 51.2 Å². The summed E-state index contributed by atoms with van der Waals surface area (Å²) in [4.78, 5) is 27.6. The highest BCUT2D eigenvalue weighted by molar-refractivity contribution is 5.93. The summed E-state index contributed by atoms with van der Waals surface area (Å²) in [5.41, 5.74) is 0.314. The molecule has 1 saturated heterocycles. The van der Waals surface area contributed by atoms with Crippen LogP contribution in [0.25, 0.3) is 0 Å². The molecular formula is C16H20FN5O. The number of aromatic amines is 1. The molecule has 0 radical (unpaired) electrons. The summed E-state index contributed by atoms with van der Waals surface area (Å²) in [6, 6.07) is 1.24. The van der Waals surface area contributed by atoms with Gasteiger partial charge in [-0.05, 0) is 19.0 Å². The van der Waals surface area contributed by atoms with Gasteiger partial charge in [-0.2, -0.15) is 0 Å². The van der Waals surface area contributed by atoms with E-state index in [1.54, 1.807) is 11.1 Å². The first-order valence-corrected chi connectivity index (χ1v) is 7.83. The van der Waals surface area contributed by atoms with Crippen molar-refractivity contribution in [2.45, 2.75) is 12.8 Å². The second-order valence-corrected chi connectivity index (χ2v) is 5.67. The van der Waals surface area contributed by atoms with Gasteiger partial charge in [-0.3, -0.25) is 9.78 Å². The molecule has 0 spiro atoms. The zero-order chi connectivity index (χ0) is 16.1. The average molecular weight is 317 g/mol. The summed E-state index contributed by atoms with van der Waals surface area (Å²) >= 11 is 0. The van der Waals surface area contributed by atoms with Crippen LogP contribution in [-0.4, -0.2) is 63.4 Å². The second kappa shape index (κ2) is 7.32. The quantitative estimate of drug-likeness (QED) is 0.924. The van der Waals surface area contributed by atoms with Crippen molar-refractivity contribution >= 4 is 5.91 Å². The number of carbonyl (C=O) groups is 1. The summed E-state index contributed by atoms with van der Waals surface area (Å²) < 4.78 is 13.2. The van der Waals surface area contributed by atoms with Crippen molar-refractivity contribution in [2.75, 3.05) is 32.7 Å². The molecule has 1 aliphatic rings. The highest BCUT2D eigenvalue weighted by atomic mass is 19.1. The maximum Gasteiger partial charge on any atom is 0.255 e. The number of hydrogen-bond acceptors (Lipinski definition) is 4. The van der Waals surface area contributed by atoms with Gasteiger partial charge in [-0.15, -0.1) is 0 Å². The lowest BCUT2D eigenvalue weighted by molar-refractivity contribution is 0.0760. The monoisotopic (exact) mass is 317 g/mol. The topological polar surface area (TPSA) is 65.1 Å². The maximum absolute atomic E-state index is 13.2. The molecule has 1 amide bonds. The number of nitrogens with zero attached hydrogens (tertiary/aromatic N) is 4. The van der Waals surface area contributed by atoms with Crippen LogP contribution in [-0.2, 0) is 6.42 Å². The van der Waals surface area contributed by atoms with Crippen molar-refractivity contribution < 1.29 is 9.18 Å². The number of carbonyl (C=O) groups excluding carboxylic acids is 1. The molecule has 0 aromatic carbocycles. The van der Waals surface area contributed by atoms with Crippen molar-refractivity contribution in [1.82, 2.24) is 24.8 Å². The fraction of sp³-hybridized carbons (Fsp3) is 0.438. The molecule has 23 heavy (non-hydrogen) atoms. The highest BCUT2D eigenvalue weighted by Crippen LogP contribution is 2.10. The lowest BCUT2D eigenvalue weighted by Crippen LogP contribution is -2.35. The van der Waals surface area contributed by atoms with Gasteiger partial charge < -0.3 is 14.8 Å². The van der Waals surface area contributed by atoms with E-state index in [0.717, 1.165) is 44.5 Å². The molecule has 3 rings (SSSR count). The van der Waals surface area contributed by atoms with E-state index >= 15 is 0 Å². The third-order valence-electron chi connectivity index (χ3n) is 4.05. The first-order valence-electron chi connectivity index (χ1n) is 7.83. The van der Waals surface area contributed by atoms with Crippen molar-refractivity contribution in [3.05, 3.63) is 48.1 Å². The third-order valence-corrected chi connectivity index (χ3v) is 4.05. The molecule has 2 aromatic heterocycles. The summed E-state index contributed by atoms with van der Waals surface area (Å²) in [7, 11) is 0. The predicted molar refractivity (Wildman–Crippen MR) is 83.4 cm³/mol. The number of pyridine rings is 1. The number of aromatic nitrogens is 3. The standard InChI is InChI=1S/C16H20FN5O/c17-14-10-13(11-18-12-14)16(23)22-6-1-5-21(8-9-22)7-2-15-19-3-4-20-15/h3-4,10-12H,1-2,5-9H2,(H,19,20). The molecule has 3 heterocycles. The Balaban J connectivity index is 1.54.